The highest BCUT2D eigenvalue weighted by atomic mass is 35.5. The minimum Gasteiger partial charge on any atom is -0.355 e. The quantitative estimate of drug-likeness (QED) is 0.793. The van der Waals surface area contributed by atoms with Gasteiger partial charge in [-0.2, -0.15) is 4.31 Å². The summed E-state index contributed by atoms with van der Waals surface area (Å²) < 4.78 is 37.9. The first-order valence-electron chi connectivity index (χ1n) is 7.64. The minimum atomic E-state index is -3.14. The van der Waals surface area contributed by atoms with Gasteiger partial charge in [-0.25, -0.2) is 12.8 Å². The molecule has 1 aliphatic heterocycles. The van der Waals surface area contributed by atoms with Crippen LogP contribution in [0.5, 0.6) is 0 Å². The summed E-state index contributed by atoms with van der Waals surface area (Å²) in [4.78, 5) is 14.0. The third-order valence-electron chi connectivity index (χ3n) is 3.95. The number of halogens is 2. The van der Waals surface area contributed by atoms with Gasteiger partial charge in [-0.1, -0.05) is 17.7 Å². The SMILES string of the molecule is CS(=O)(=O)N1CCN(CCNC(=O)Cc2c(F)cccc2Cl)CC1. The topological polar surface area (TPSA) is 69.7 Å². The maximum absolute atomic E-state index is 13.6. The Morgan fingerprint density at radius 1 is 1.29 bits per heavy atom. The highest BCUT2D eigenvalue weighted by Gasteiger charge is 2.23. The van der Waals surface area contributed by atoms with E-state index in [0.717, 1.165) is 0 Å². The monoisotopic (exact) mass is 377 g/mol. The summed E-state index contributed by atoms with van der Waals surface area (Å²) in [5.41, 5.74) is 0.193. The van der Waals surface area contributed by atoms with E-state index < -0.39 is 15.8 Å². The second-order valence-electron chi connectivity index (χ2n) is 5.73. The Bertz CT molecular complexity index is 671. The molecule has 1 aromatic rings. The molecule has 0 unspecified atom stereocenters. The van der Waals surface area contributed by atoms with E-state index in [9.17, 15) is 17.6 Å². The number of nitrogens with zero attached hydrogens (tertiary/aromatic N) is 2. The fraction of sp³-hybridized carbons (Fsp3) is 0.533. The first-order valence-corrected chi connectivity index (χ1v) is 9.87. The lowest BCUT2D eigenvalue weighted by atomic mass is 10.1. The molecule has 6 nitrogen and oxygen atoms in total. The van der Waals surface area contributed by atoms with Crippen molar-refractivity contribution in [1.29, 1.82) is 0 Å². The Labute approximate surface area is 146 Å². The standard InChI is InChI=1S/C15H21ClFN3O3S/c1-24(22,23)20-9-7-19(8-10-20)6-5-18-15(21)11-12-13(16)3-2-4-14(12)17/h2-4H,5-11H2,1H3,(H,18,21). The molecule has 1 N–H and O–H groups in total. The molecule has 1 amide bonds. The van der Waals surface area contributed by atoms with E-state index in [0.29, 0.717) is 39.3 Å². The summed E-state index contributed by atoms with van der Waals surface area (Å²) >= 11 is 5.90. The zero-order valence-electron chi connectivity index (χ0n) is 13.5. The van der Waals surface area contributed by atoms with Crippen LogP contribution >= 0.6 is 11.6 Å². The molecule has 0 saturated carbocycles. The van der Waals surface area contributed by atoms with Crippen LogP contribution in [0.3, 0.4) is 0 Å². The summed E-state index contributed by atoms with van der Waals surface area (Å²) in [6, 6.07) is 4.32. The molecule has 0 bridgehead atoms. The number of amides is 1. The number of sulfonamides is 1. The van der Waals surface area contributed by atoms with Crippen molar-refractivity contribution in [2.75, 3.05) is 45.5 Å². The molecule has 2 rings (SSSR count). The second kappa shape index (κ2) is 8.24. The third kappa shape index (κ3) is 5.41. The predicted molar refractivity (Wildman–Crippen MR) is 91.0 cm³/mol. The second-order valence-corrected chi connectivity index (χ2v) is 8.12. The van der Waals surface area contributed by atoms with Crippen LogP contribution < -0.4 is 5.32 Å². The summed E-state index contributed by atoms with van der Waals surface area (Å²) in [7, 11) is -3.14. The average molecular weight is 378 g/mol. The van der Waals surface area contributed by atoms with Gasteiger partial charge in [0, 0.05) is 49.9 Å². The van der Waals surface area contributed by atoms with Gasteiger partial charge in [0.2, 0.25) is 15.9 Å². The van der Waals surface area contributed by atoms with Crippen molar-refractivity contribution in [1.82, 2.24) is 14.5 Å². The number of hydrogen-bond acceptors (Lipinski definition) is 4. The van der Waals surface area contributed by atoms with Crippen LogP contribution in [0, 0.1) is 5.82 Å². The Morgan fingerprint density at radius 3 is 2.54 bits per heavy atom. The van der Waals surface area contributed by atoms with E-state index in [2.05, 4.69) is 10.2 Å². The van der Waals surface area contributed by atoms with Crippen LogP contribution in [0.25, 0.3) is 0 Å². The molecule has 0 spiro atoms. The number of carbonyl (C=O) groups is 1. The van der Waals surface area contributed by atoms with E-state index >= 15 is 0 Å². The van der Waals surface area contributed by atoms with Gasteiger partial charge in [0.25, 0.3) is 0 Å². The molecule has 1 saturated heterocycles. The van der Waals surface area contributed by atoms with Crippen molar-refractivity contribution >= 4 is 27.5 Å². The largest absolute Gasteiger partial charge is 0.355 e. The Morgan fingerprint density at radius 2 is 1.96 bits per heavy atom. The van der Waals surface area contributed by atoms with Gasteiger partial charge < -0.3 is 5.32 Å². The Kier molecular flexibility index (Phi) is 6.56. The van der Waals surface area contributed by atoms with Gasteiger partial charge >= 0.3 is 0 Å². The van der Waals surface area contributed by atoms with Crippen LogP contribution in [-0.4, -0.2) is 69.1 Å². The van der Waals surface area contributed by atoms with Gasteiger partial charge in [-0.3, -0.25) is 9.69 Å². The predicted octanol–water partition coefficient (Wildman–Crippen LogP) is 0.715. The third-order valence-corrected chi connectivity index (χ3v) is 5.61. The van der Waals surface area contributed by atoms with E-state index in [4.69, 9.17) is 11.6 Å². The number of piperazine rings is 1. The van der Waals surface area contributed by atoms with Gasteiger partial charge in [0.05, 0.1) is 12.7 Å². The summed E-state index contributed by atoms with van der Waals surface area (Å²) in [6.07, 6.45) is 1.10. The van der Waals surface area contributed by atoms with E-state index in [1.807, 2.05) is 0 Å². The van der Waals surface area contributed by atoms with Gasteiger partial charge in [-0.15, -0.1) is 0 Å². The van der Waals surface area contributed by atoms with E-state index in [1.165, 1.54) is 22.7 Å². The first kappa shape index (κ1) is 19.1. The average Bonchev–Trinajstić information content (AvgIpc) is 2.51. The van der Waals surface area contributed by atoms with Crippen molar-refractivity contribution < 1.29 is 17.6 Å². The lowest BCUT2D eigenvalue weighted by Crippen LogP contribution is -2.50. The molecule has 1 fully saturated rings. The first-order chi connectivity index (χ1) is 11.3. The number of nitrogens with one attached hydrogen (secondary N) is 1. The minimum absolute atomic E-state index is 0.104. The van der Waals surface area contributed by atoms with Crippen LogP contribution in [0.15, 0.2) is 18.2 Å². The van der Waals surface area contributed by atoms with Crippen LogP contribution in [0.1, 0.15) is 5.56 Å². The number of hydrogen-bond donors (Lipinski definition) is 1. The zero-order chi connectivity index (χ0) is 17.7. The van der Waals surface area contributed by atoms with Crippen molar-refractivity contribution in [2.45, 2.75) is 6.42 Å². The molecular formula is C15H21ClFN3O3S. The van der Waals surface area contributed by atoms with E-state index in [1.54, 1.807) is 6.07 Å². The highest BCUT2D eigenvalue weighted by Crippen LogP contribution is 2.19. The number of rotatable bonds is 6. The molecular weight excluding hydrogens is 357 g/mol. The molecule has 9 heteroatoms. The molecule has 1 aromatic carbocycles. The fourth-order valence-electron chi connectivity index (χ4n) is 2.56. The van der Waals surface area contributed by atoms with Crippen LogP contribution in [-0.2, 0) is 21.2 Å². The smallest absolute Gasteiger partial charge is 0.224 e. The molecule has 24 heavy (non-hydrogen) atoms. The molecule has 0 aliphatic carbocycles. The van der Waals surface area contributed by atoms with Gasteiger partial charge in [0.1, 0.15) is 5.82 Å². The van der Waals surface area contributed by atoms with Crippen LogP contribution in [0.4, 0.5) is 4.39 Å². The van der Waals surface area contributed by atoms with Crippen molar-refractivity contribution in [2.24, 2.45) is 0 Å². The zero-order valence-corrected chi connectivity index (χ0v) is 15.0. The molecule has 134 valence electrons. The Hall–Kier alpha value is -1.22. The Balaban J connectivity index is 1.72. The number of carbonyl (C=O) groups excluding carboxylic acids is 1. The van der Waals surface area contributed by atoms with Crippen molar-refractivity contribution in [3.05, 3.63) is 34.6 Å². The maximum Gasteiger partial charge on any atom is 0.224 e. The summed E-state index contributed by atoms with van der Waals surface area (Å²) in [6.45, 7) is 3.21. The van der Waals surface area contributed by atoms with E-state index in [-0.39, 0.29) is 22.9 Å². The molecule has 0 atom stereocenters. The number of benzene rings is 1. The highest BCUT2D eigenvalue weighted by molar-refractivity contribution is 7.88. The molecule has 0 aromatic heterocycles. The van der Waals surface area contributed by atoms with Gasteiger partial charge in [-0.05, 0) is 12.1 Å². The lowest BCUT2D eigenvalue weighted by Gasteiger charge is -2.33. The summed E-state index contributed by atoms with van der Waals surface area (Å²) in [5.74, 6) is -0.786. The maximum atomic E-state index is 13.6. The van der Waals surface area contributed by atoms with Gasteiger partial charge in [0.15, 0.2) is 0 Å². The molecule has 0 radical (unpaired) electrons. The van der Waals surface area contributed by atoms with Crippen LogP contribution in [0.2, 0.25) is 5.02 Å². The van der Waals surface area contributed by atoms with Crippen molar-refractivity contribution in [3.8, 4) is 0 Å². The normalized spacial score (nSPS) is 17.0. The lowest BCUT2D eigenvalue weighted by molar-refractivity contribution is -0.120. The fourth-order valence-corrected chi connectivity index (χ4v) is 3.62. The van der Waals surface area contributed by atoms with Crippen molar-refractivity contribution in [3.63, 3.8) is 0 Å². The molecule has 1 aliphatic rings. The molecule has 1 heterocycles. The summed E-state index contributed by atoms with van der Waals surface area (Å²) in [5, 5.41) is 2.97.